The predicted molar refractivity (Wildman–Crippen MR) is 91.7 cm³/mol. The Hall–Kier alpha value is -1.63. The lowest BCUT2D eigenvalue weighted by atomic mass is 10.1. The second kappa shape index (κ2) is 5.63. The number of hydrogen-bond acceptors (Lipinski definition) is 2. The summed E-state index contributed by atoms with van der Waals surface area (Å²) in [7, 11) is 0. The van der Waals surface area contributed by atoms with E-state index in [0.717, 1.165) is 23.0 Å². The first-order chi connectivity index (χ1) is 10.1. The Bertz CT molecular complexity index is 793. The quantitative estimate of drug-likeness (QED) is 0.682. The second-order valence-electron chi connectivity index (χ2n) is 4.98. The van der Waals surface area contributed by atoms with Crippen molar-refractivity contribution in [2.24, 2.45) is 0 Å². The van der Waals surface area contributed by atoms with Crippen LogP contribution in [-0.4, -0.2) is 9.55 Å². The maximum absolute atomic E-state index is 13.8. The van der Waals surface area contributed by atoms with E-state index in [4.69, 9.17) is 5.73 Å². The summed E-state index contributed by atoms with van der Waals surface area (Å²) in [6, 6.07) is 11.6. The van der Waals surface area contributed by atoms with Crippen LogP contribution in [0.15, 0.2) is 36.4 Å². The third kappa shape index (κ3) is 2.74. The first-order valence-corrected chi connectivity index (χ1v) is 7.85. The largest absolute Gasteiger partial charge is 0.369 e. The Labute approximate surface area is 136 Å². The molecule has 0 aliphatic heterocycles. The number of aromatic nitrogens is 2. The van der Waals surface area contributed by atoms with Gasteiger partial charge < -0.3 is 10.3 Å². The summed E-state index contributed by atoms with van der Waals surface area (Å²) >= 11 is 1.96. The zero-order valence-corrected chi connectivity index (χ0v) is 13.8. The molecular formula is C16H15FIN3. The zero-order chi connectivity index (χ0) is 15.0. The molecule has 1 heterocycles. The number of benzene rings is 2. The Kier molecular flexibility index (Phi) is 3.84. The lowest BCUT2D eigenvalue weighted by Crippen LogP contribution is -2.04. The summed E-state index contributed by atoms with van der Waals surface area (Å²) in [5, 5.41) is 0. The fraction of sp³-hybridized carbons (Fsp3) is 0.188. The van der Waals surface area contributed by atoms with Crippen molar-refractivity contribution in [2.75, 3.05) is 5.73 Å². The van der Waals surface area contributed by atoms with Crippen LogP contribution in [0.1, 0.15) is 18.1 Å². The first-order valence-electron chi connectivity index (χ1n) is 6.77. The van der Waals surface area contributed by atoms with Gasteiger partial charge in [-0.3, -0.25) is 0 Å². The van der Waals surface area contributed by atoms with Crippen LogP contribution >= 0.6 is 22.6 Å². The van der Waals surface area contributed by atoms with Crippen molar-refractivity contribution >= 4 is 39.6 Å². The van der Waals surface area contributed by atoms with Crippen molar-refractivity contribution in [3.8, 4) is 0 Å². The van der Waals surface area contributed by atoms with Crippen LogP contribution in [0, 0.1) is 9.39 Å². The minimum atomic E-state index is -0.245. The smallest absolute Gasteiger partial charge is 0.201 e. The van der Waals surface area contributed by atoms with E-state index < -0.39 is 0 Å². The van der Waals surface area contributed by atoms with Crippen molar-refractivity contribution in [2.45, 2.75) is 19.9 Å². The molecule has 1 aromatic heterocycles. The minimum absolute atomic E-state index is 0.245. The van der Waals surface area contributed by atoms with Crippen LogP contribution in [0.3, 0.4) is 0 Å². The molecule has 5 heteroatoms. The van der Waals surface area contributed by atoms with Gasteiger partial charge in [-0.15, -0.1) is 0 Å². The van der Waals surface area contributed by atoms with E-state index in [1.165, 1.54) is 11.6 Å². The summed E-state index contributed by atoms with van der Waals surface area (Å²) in [5.41, 5.74) is 9.85. The number of halogens is 2. The molecule has 0 unspecified atom stereocenters. The van der Waals surface area contributed by atoms with Gasteiger partial charge in [0.2, 0.25) is 5.95 Å². The molecule has 0 aliphatic carbocycles. The lowest BCUT2D eigenvalue weighted by molar-refractivity contribution is 0.621. The van der Waals surface area contributed by atoms with E-state index in [0.29, 0.717) is 16.1 Å². The molecule has 0 saturated carbocycles. The highest BCUT2D eigenvalue weighted by atomic mass is 127. The highest BCUT2D eigenvalue weighted by Crippen LogP contribution is 2.24. The van der Waals surface area contributed by atoms with Gasteiger partial charge >= 0.3 is 0 Å². The van der Waals surface area contributed by atoms with E-state index in [9.17, 15) is 4.39 Å². The van der Waals surface area contributed by atoms with Gasteiger partial charge in [0.05, 0.1) is 21.1 Å². The topological polar surface area (TPSA) is 43.8 Å². The highest BCUT2D eigenvalue weighted by Gasteiger charge is 2.12. The molecular weight excluding hydrogens is 380 g/mol. The molecule has 0 spiro atoms. The summed E-state index contributed by atoms with van der Waals surface area (Å²) < 4.78 is 16.2. The van der Waals surface area contributed by atoms with E-state index in [1.54, 1.807) is 6.07 Å². The zero-order valence-electron chi connectivity index (χ0n) is 11.6. The second-order valence-corrected chi connectivity index (χ2v) is 6.14. The van der Waals surface area contributed by atoms with Gasteiger partial charge in [-0.1, -0.05) is 31.2 Å². The summed E-state index contributed by atoms with van der Waals surface area (Å²) in [6.07, 6.45) is 1.01. The number of anilines is 1. The average molecular weight is 395 g/mol. The van der Waals surface area contributed by atoms with Crippen LogP contribution in [0.5, 0.6) is 0 Å². The van der Waals surface area contributed by atoms with Gasteiger partial charge in [-0.25, -0.2) is 9.37 Å². The van der Waals surface area contributed by atoms with Crippen LogP contribution in [0.25, 0.3) is 11.0 Å². The average Bonchev–Trinajstić information content (AvgIpc) is 2.76. The minimum Gasteiger partial charge on any atom is -0.369 e. The van der Waals surface area contributed by atoms with Crippen molar-refractivity contribution in [3.05, 3.63) is 56.9 Å². The normalized spacial score (nSPS) is 11.2. The number of nitrogens with two attached hydrogens (primary N) is 1. The summed E-state index contributed by atoms with van der Waals surface area (Å²) in [5.74, 6) is 0.163. The maximum atomic E-state index is 13.8. The first kappa shape index (κ1) is 14.3. The summed E-state index contributed by atoms with van der Waals surface area (Å²) in [4.78, 5) is 4.31. The van der Waals surface area contributed by atoms with Crippen LogP contribution in [-0.2, 0) is 13.0 Å². The molecule has 2 aromatic carbocycles. The van der Waals surface area contributed by atoms with E-state index in [-0.39, 0.29) is 5.82 Å². The molecule has 3 nitrogen and oxygen atoms in total. The van der Waals surface area contributed by atoms with Crippen molar-refractivity contribution in [1.82, 2.24) is 9.55 Å². The van der Waals surface area contributed by atoms with E-state index in [2.05, 4.69) is 36.2 Å². The number of rotatable bonds is 3. The SMILES string of the molecule is CCc1ccc(Cn2c(N)nc3cc(I)c(F)cc32)cc1. The van der Waals surface area contributed by atoms with E-state index >= 15 is 0 Å². The van der Waals surface area contributed by atoms with Gasteiger partial charge in [0, 0.05) is 6.07 Å². The standard InChI is InChI=1S/C16H15FIN3/c1-2-10-3-5-11(6-4-10)9-21-15-7-12(17)13(18)8-14(15)20-16(21)19/h3-8H,2,9H2,1H3,(H2,19,20). The Morgan fingerprint density at radius 3 is 2.52 bits per heavy atom. The molecule has 3 rings (SSSR count). The molecule has 0 amide bonds. The molecule has 21 heavy (non-hydrogen) atoms. The maximum Gasteiger partial charge on any atom is 0.201 e. The van der Waals surface area contributed by atoms with Crippen molar-refractivity contribution in [3.63, 3.8) is 0 Å². The number of nitrogen functional groups attached to an aromatic ring is 1. The lowest BCUT2D eigenvalue weighted by Gasteiger charge is -2.08. The van der Waals surface area contributed by atoms with Gasteiger partial charge in [0.25, 0.3) is 0 Å². The number of aryl methyl sites for hydroxylation is 1. The molecule has 0 bridgehead atoms. The van der Waals surface area contributed by atoms with Crippen molar-refractivity contribution in [1.29, 1.82) is 0 Å². The number of nitrogens with zero attached hydrogens (tertiary/aromatic N) is 2. The van der Waals surface area contributed by atoms with Crippen LogP contribution in [0.4, 0.5) is 10.3 Å². The molecule has 0 atom stereocenters. The Morgan fingerprint density at radius 2 is 1.86 bits per heavy atom. The third-order valence-electron chi connectivity index (χ3n) is 3.59. The predicted octanol–water partition coefficient (Wildman–Crippen LogP) is 3.97. The summed E-state index contributed by atoms with van der Waals surface area (Å²) in [6.45, 7) is 2.72. The number of hydrogen-bond donors (Lipinski definition) is 1. The Morgan fingerprint density at radius 1 is 1.19 bits per heavy atom. The number of fused-ring (bicyclic) bond motifs is 1. The van der Waals surface area contributed by atoms with Crippen LogP contribution < -0.4 is 5.73 Å². The molecule has 0 radical (unpaired) electrons. The molecule has 3 aromatic rings. The molecule has 0 fully saturated rings. The molecule has 108 valence electrons. The fourth-order valence-corrected chi connectivity index (χ4v) is 2.82. The van der Waals surface area contributed by atoms with E-state index in [1.807, 2.05) is 27.2 Å². The third-order valence-corrected chi connectivity index (χ3v) is 4.42. The fourth-order valence-electron chi connectivity index (χ4n) is 2.37. The molecule has 2 N–H and O–H groups in total. The molecule has 0 saturated heterocycles. The van der Waals surface area contributed by atoms with Gasteiger partial charge in [-0.05, 0) is 46.2 Å². The monoisotopic (exact) mass is 395 g/mol. The number of imidazole rings is 1. The highest BCUT2D eigenvalue weighted by molar-refractivity contribution is 14.1. The van der Waals surface area contributed by atoms with Crippen LogP contribution in [0.2, 0.25) is 0 Å². The molecule has 0 aliphatic rings. The van der Waals surface area contributed by atoms with Crippen molar-refractivity contribution < 1.29 is 4.39 Å². The Balaban J connectivity index is 2.03. The van der Waals surface area contributed by atoms with Gasteiger partial charge in [0.1, 0.15) is 5.82 Å². The van der Waals surface area contributed by atoms with Gasteiger partial charge in [-0.2, -0.15) is 0 Å². The van der Waals surface area contributed by atoms with Gasteiger partial charge in [0.15, 0.2) is 0 Å².